The summed E-state index contributed by atoms with van der Waals surface area (Å²) in [6.07, 6.45) is 4.99. The Morgan fingerprint density at radius 2 is 1.81 bits per heavy atom. The summed E-state index contributed by atoms with van der Waals surface area (Å²) in [5.41, 5.74) is 4.31. The van der Waals surface area contributed by atoms with Crippen LogP contribution in [0.25, 0.3) is 16.6 Å². The van der Waals surface area contributed by atoms with Gasteiger partial charge in [0.25, 0.3) is 0 Å². The summed E-state index contributed by atoms with van der Waals surface area (Å²) in [6, 6.07) is 20.6. The molecule has 1 aliphatic heterocycles. The van der Waals surface area contributed by atoms with Gasteiger partial charge in [-0.25, -0.2) is 4.68 Å². The van der Waals surface area contributed by atoms with Crippen LogP contribution >= 0.6 is 0 Å². The van der Waals surface area contributed by atoms with Crippen molar-refractivity contribution in [1.29, 1.82) is 0 Å². The number of ether oxygens (including phenoxy) is 1. The van der Waals surface area contributed by atoms with Crippen molar-refractivity contribution >= 4 is 16.6 Å². The Bertz CT molecular complexity index is 1160. The van der Waals surface area contributed by atoms with E-state index in [4.69, 9.17) is 9.84 Å². The van der Waals surface area contributed by atoms with Crippen LogP contribution < -0.4 is 9.64 Å². The number of anilines is 1. The molecule has 4 aromatic rings. The zero-order valence-electron chi connectivity index (χ0n) is 17.8. The number of fused-ring (bicyclic) bond motifs is 1. The molecule has 0 spiro atoms. The molecule has 1 fully saturated rings. The minimum atomic E-state index is 0.860. The third-order valence-corrected chi connectivity index (χ3v) is 5.89. The van der Waals surface area contributed by atoms with E-state index in [-0.39, 0.29) is 0 Å². The fraction of sp³-hybridized carbons (Fsp3) is 0.280. The van der Waals surface area contributed by atoms with Gasteiger partial charge in [-0.05, 0) is 42.8 Å². The first-order valence-corrected chi connectivity index (χ1v) is 10.8. The van der Waals surface area contributed by atoms with Crippen molar-refractivity contribution in [3.05, 3.63) is 78.8 Å². The van der Waals surface area contributed by atoms with Gasteiger partial charge >= 0.3 is 0 Å². The Balaban J connectivity index is 1.31. The van der Waals surface area contributed by atoms with Crippen molar-refractivity contribution in [2.45, 2.75) is 13.0 Å². The monoisotopic (exact) mass is 413 g/mol. The van der Waals surface area contributed by atoms with Crippen molar-refractivity contribution in [3.63, 3.8) is 0 Å². The lowest BCUT2D eigenvalue weighted by molar-refractivity contribution is 0.281. The van der Waals surface area contributed by atoms with Gasteiger partial charge < -0.3 is 9.64 Å². The Morgan fingerprint density at radius 3 is 2.68 bits per heavy atom. The number of pyridine rings is 1. The van der Waals surface area contributed by atoms with E-state index in [2.05, 4.69) is 51.2 Å². The van der Waals surface area contributed by atoms with Gasteiger partial charge in [-0.3, -0.25) is 9.88 Å². The topological polar surface area (TPSA) is 46.4 Å². The lowest BCUT2D eigenvalue weighted by Crippen LogP contribution is -2.31. The van der Waals surface area contributed by atoms with Gasteiger partial charge in [0.05, 0.1) is 24.0 Å². The second kappa shape index (κ2) is 8.78. The Kier molecular flexibility index (Phi) is 5.54. The van der Waals surface area contributed by atoms with Gasteiger partial charge in [-0.2, -0.15) is 5.10 Å². The largest absolute Gasteiger partial charge is 0.494 e. The maximum atomic E-state index is 5.71. The average molecular weight is 414 g/mol. The summed E-state index contributed by atoms with van der Waals surface area (Å²) in [5, 5.41) is 5.93. The number of para-hydroxylation sites is 1. The summed E-state index contributed by atoms with van der Waals surface area (Å²) in [4.78, 5) is 9.58. The van der Waals surface area contributed by atoms with Gasteiger partial charge in [0, 0.05) is 50.5 Å². The van der Waals surface area contributed by atoms with Crippen LogP contribution in [0.5, 0.6) is 5.75 Å². The maximum Gasteiger partial charge on any atom is 0.144 e. The van der Waals surface area contributed by atoms with Crippen molar-refractivity contribution in [3.8, 4) is 11.4 Å². The molecule has 2 aromatic heterocycles. The van der Waals surface area contributed by atoms with Crippen LogP contribution in [0.3, 0.4) is 0 Å². The summed E-state index contributed by atoms with van der Waals surface area (Å²) >= 11 is 0. The predicted octanol–water partition coefficient (Wildman–Crippen LogP) is 4.14. The Hall–Kier alpha value is -3.38. The molecule has 1 saturated heterocycles. The third kappa shape index (κ3) is 4.11. The molecule has 0 saturated carbocycles. The normalized spacial score (nSPS) is 15.2. The number of rotatable bonds is 5. The summed E-state index contributed by atoms with van der Waals surface area (Å²) < 4.78 is 7.66. The molecule has 31 heavy (non-hydrogen) atoms. The van der Waals surface area contributed by atoms with E-state index >= 15 is 0 Å². The molecule has 0 amide bonds. The average Bonchev–Trinajstić information content (AvgIpc) is 3.17. The molecule has 0 bridgehead atoms. The number of hydrogen-bond acceptors (Lipinski definition) is 5. The number of benzene rings is 2. The molecular formula is C25H27N5O. The molecule has 0 radical (unpaired) electrons. The highest BCUT2D eigenvalue weighted by molar-refractivity contribution is 5.94. The highest BCUT2D eigenvalue weighted by Crippen LogP contribution is 2.35. The molecule has 5 rings (SSSR count). The van der Waals surface area contributed by atoms with E-state index in [0.29, 0.717) is 0 Å². The molecule has 0 atom stereocenters. The van der Waals surface area contributed by atoms with Crippen molar-refractivity contribution < 1.29 is 4.74 Å². The van der Waals surface area contributed by atoms with Crippen LogP contribution in [0.2, 0.25) is 0 Å². The van der Waals surface area contributed by atoms with Crippen LogP contribution in [0.1, 0.15) is 12.1 Å². The quantitative estimate of drug-likeness (QED) is 0.492. The van der Waals surface area contributed by atoms with Crippen molar-refractivity contribution in [2.24, 2.45) is 0 Å². The van der Waals surface area contributed by atoms with Gasteiger partial charge in [-0.15, -0.1) is 0 Å². The van der Waals surface area contributed by atoms with Gasteiger partial charge in [0.2, 0.25) is 0 Å². The minimum Gasteiger partial charge on any atom is -0.494 e. The molecule has 6 nitrogen and oxygen atoms in total. The van der Waals surface area contributed by atoms with Crippen LogP contribution in [0.4, 0.5) is 5.69 Å². The van der Waals surface area contributed by atoms with Crippen LogP contribution in [0, 0.1) is 0 Å². The number of aromatic nitrogens is 3. The van der Waals surface area contributed by atoms with E-state index in [1.165, 1.54) is 0 Å². The SMILES string of the molecule is COc1ccc2cccnc2c1N1CCCN(Cc2ccn(-c3ccccc3)n2)CC1. The van der Waals surface area contributed by atoms with Crippen molar-refractivity contribution in [1.82, 2.24) is 19.7 Å². The molecule has 0 aliphatic carbocycles. The first-order valence-electron chi connectivity index (χ1n) is 10.8. The fourth-order valence-corrected chi connectivity index (χ4v) is 4.33. The Morgan fingerprint density at radius 1 is 0.903 bits per heavy atom. The molecular weight excluding hydrogens is 386 g/mol. The minimum absolute atomic E-state index is 0.860. The molecule has 6 heteroatoms. The van der Waals surface area contributed by atoms with Crippen LogP contribution in [-0.2, 0) is 6.54 Å². The summed E-state index contributed by atoms with van der Waals surface area (Å²) in [5.74, 6) is 0.890. The van der Waals surface area contributed by atoms with Gasteiger partial charge in [0.1, 0.15) is 11.4 Å². The van der Waals surface area contributed by atoms with E-state index in [1.54, 1.807) is 7.11 Å². The van der Waals surface area contributed by atoms with E-state index in [0.717, 1.165) is 72.9 Å². The molecule has 0 N–H and O–H groups in total. The fourth-order valence-electron chi connectivity index (χ4n) is 4.33. The predicted molar refractivity (Wildman–Crippen MR) is 124 cm³/mol. The molecule has 158 valence electrons. The third-order valence-electron chi connectivity index (χ3n) is 5.89. The van der Waals surface area contributed by atoms with Crippen LogP contribution in [-0.4, -0.2) is 53.0 Å². The number of methoxy groups -OCH3 is 1. The van der Waals surface area contributed by atoms with Gasteiger partial charge in [-0.1, -0.05) is 24.3 Å². The van der Waals surface area contributed by atoms with Gasteiger partial charge in [0.15, 0.2) is 0 Å². The Labute approximate surface area is 182 Å². The second-order valence-electron chi connectivity index (χ2n) is 7.90. The van der Waals surface area contributed by atoms with E-state index in [9.17, 15) is 0 Å². The zero-order chi connectivity index (χ0) is 21.0. The highest BCUT2D eigenvalue weighted by atomic mass is 16.5. The number of hydrogen-bond donors (Lipinski definition) is 0. The second-order valence-corrected chi connectivity index (χ2v) is 7.90. The molecule has 1 aliphatic rings. The van der Waals surface area contributed by atoms with E-state index < -0.39 is 0 Å². The van der Waals surface area contributed by atoms with E-state index in [1.807, 2.05) is 41.3 Å². The summed E-state index contributed by atoms with van der Waals surface area (Å²) in [6.45, 7) is 4.81. The maximum absolute atomic E-state index is 5.71. The molecule has 0 unspecified atom stereocenters. The van der Waals surface area contributed by atoms with Crippen molar-refractivity contribution in [2.75, 3.05) is 38.2 Å². The highest BCUT2D eigenvalue weighted by Gasteiger charge is 2.21. The lowest BCUT2D eigenvalue weighted by Gasteiger charge is -2.26. The smallest absolute Gasteiger partial charge is 0.144 e. The summed E-state index contributed by atoms with van der Waals surface area (Å²) in [7, 11) is 1.74. The molecule has 2 aromatic carbocycles. The standard InChI is InChI=1S/C25H27N5O/c1-31-23-11-10-20-7-5-13-26-24(20)25(23)29-15-6-14-28(17-18-29)19-21-12-16-30(27-21)22-8-3-2-4-9-22/h2-5,7-13,16H,6,14-15,17-19H2,1H3. The van der Waals surface area contributed by atoms with Crippen LogP contribution in [0.15, 0.2) is 73.1 Å². The zero-order valence-corrected chi connectivity index (χ0v) is 17.8. The first-order chi connectivity index (χ1) is 15.3. The first kappa shape index (κ1) is 19.6. The lowest BCUT2D eigenvalue weighted by atomic mass is 10.1. The molecule has 3 heterocycles. The number of nitrogens with zero attached hydrogens (tertiary/aromatic N) is 5.